The Morgan fingerprint density at radius 1 is 1.47 bits per heavy atom. The Bertz CT molecular complexity index is 463. The van der Waals surface area contributed by atoms with E-state index < -0.39 is 6.10 Å². The lowest BCUT2D eigenvalue weighted by atomic mass is 9.87. The van der Waals surface area contributed by atoms with Gasteiger partial charge in [-0.1, -0.05) is 13.8 Å². The summed E-state index contributed by atoms with van der Waals surface area (Å²) >= 11 is 1.27. The molecule has 1 unspecified atom stereocenters. The average Bonchev–Trinajstić information content (AvgIpc) is 2.73. The second-order valence-electron chi connectivity index (χ2n) is 5.66. The van der Waals surface area contributed by atoms with E-state index in [1.54, 1.807) is 18.4 Å². The Balaban J connectivity index is 2.57. The summed E-state index contributed by atoms with van der Waals surface area (Å²) in [5.41, 5.74) is 0.406. The minimum atomic E-state index is -0.391. The number of amides is 1. The van der Waals surface area contributed by atoms with Crippen molar-refractivity contribution in [2.75, 3.05) is 6.54 Å². The molecule has 1 aromatic rings. The van der Waals surface area contributed by atoms with Crippen LogP contribution in [0.3, 0.4) is 0 Å². The molecule has 5 heteroatoms. The van der Waals surface area contributed by atoms with Gasteiger partial charge in [0.05, 0.1) is 11.0 Å². The number of hydrogen-bond acceptors (Lipinski definition) is 4. The van der Waals surface area contributed by atoms with Gasteiger partial charge in [0.25, 0.3) is 5.91 Å². The SMILES string of the molecule is CC(=O)c1csc(C(=O)NCC(C)(C)CC(C)O)c1. The van der Waals surface area contributed by atoms with Gasteiger partial charge >= 0.3 is 0 Å². The highest BCUT2D eigenvalue weighted by atomic mass is 32.1. The van der Waals surface area contributed by atoms with E-state index in [1.165, 1.54) is 18.3 Å². The highest BCUT2D eigenvalue weighted by Crippen LogP contribution is 2.22. The highest BCUT2D eigenvalue weighted by Gasteiger charge is 2.22. The number of carbonyl (C=O) groups excluding carboxylic acids is 2. The smallest absolute Gasteiger partial charge is 0.261 e. The van der Waals surface area contributed by atoms with Gasteiger partial charge in [0.2, 0.25) is 0 Å². The first kappa shape index (κ1) is 15.9. The summed E-state index contributed by atoms with van der Waals surface area (Å²) in [4.78, 5) is 23.6. The van der Waals surface area contributed by atoms with Crippen molar-refractivity contribution in [3.05, 3.63) is 21.9 Å². The van der Waals surface area contributed by atoms with Gasteiger partial charge in [-0.05, 0) is 31.7 Å². The molecule has 1 aromatic heterocycles. The molecule has 4 nitrogen and oxygen atoms in total. The normalized spacial score (nSPS) is 13.1. The number of nitrogens with one attached hydrogen (secondary N) is 1. The number of hydrogen-bond donors (Lipinski definition) is 2. The summed E-state index contributed by atoms with van der Waals surface area (Å²) in [6.45, 7) is 7.70. The molecule has 1 atom stereocenters. The Hall–Kier alpha value is -1.20. The number of aliphatic hydroxyl groups is 1. The fourth-order valence-electron chi connectivity index (χ4n) is 1.92. The minimum absolute atomic E-state index is 0.0373. The summed E-state index contributed by atoms with van der Waals surface area (Å²) in [6.07, 6.45) is 0.231. The van der Waals surface area contributed by atoms with Crippen LogP contribution in [0.1, 0.15) is 54.1 Å². The van der Waals surface area contributed by atoms with Crippen LogP contribution in [0.5, 0.6) is 0 Å². The molecule has 106 valence electrons. The van der Waals surface area contributed by atoms with E-state index in [0.29, 0.717) is 23.4 Å². The van der Waals surface area contributed by atoms with Crippen LogP contribution in [-0.4, -0.2) is 29.4 Å². The number of thiophene rings is 1. The maximum atomic E-state index is 11.9. The van der Waals surface area contributed by atoms with Gasteiger partial charge in [-0.3, -0.25) is 9.59 Å². The lowest BCUT2D eigenvalue weighted by Crippen LogP contribution is -2.35. The van der Waals surface area contributed by atoms with Gasteiger partial charge in [0, 0.05) is 17.5 Å². The predicted octanol–water partition coefficient (Wildman–Crippen LogP) is 2.48. The molecule has 1 rings (SSSR count). The third kappa shape index (κ3) is 5.12. The van der Waals surface area contributed by atoms with Crippen molar-refractivity contribution in [3.63, 3.8) is 0 Å². The van der Waals surface area contributed by atoms with Crippen molar-refractivity contribution < 1.29 is 14.7 Å². The quantitative estimate of drug-likeness (QED) is 0.788. The molecule has 1 amide bonds. The summed E-state index contributed by atoms with van der Waals surface area (Å²) in [6, 6.07) is 1.62. The van der Waals surface area contributed by atoms with Gasteiger partial charge in [-0.2, -0.15) is 0 Å². The van der Waals surface area contributed by atoms with E-state index in [2.05, 4.69) is 5.32 Å². The summed E-state index contributed by atoms with van der Waals surface area (Å²) in [5, 5.41) is 13.9. The first-order valence-corrected chi connectivity index (χ1v) is 7.15. The van der Waals surface area contributed by atoms with Crippen molar-refractivity contribution in [1.29, 1.82) is 0 Å². The second-order valence-corrected chi connectivity index (χ2v) is 6.57. The fraction of sp³-hybridized carbons (Fsp3) is 0.571. The highest BCUT2D eigenvalue weighted by molar-refractivity contribution is 7.12. The van der Waals surface area contributed by atoms with Gasteiger partial charge in [-0.15, -0.1) is 11.3 Å². The topological polar surface area (TPSA) is 66.4 Å². The zero-order valence-corrected chi connectivity index (χ0v) is 12.6. The number of ketones is 1. The van der Waals surface area contributed by atoms with E-state index >= 15 is 0 Å². The number of Topliss-reactive ketones (excluding diaryl/α,β-unsaturated/α-hetero) is 1. The average molecular weight is 283 g/mol. The molecule has 0 bridgehead atoms. The largest absolute Gasteiger partial charge is 0.393 e. The molecule has 19 heavy (non-hydrogen) atoms. The summed E-state index contributed by atoms with van der Waals surface area (Å²) < 4.78 is 0. The van der Waals surface area contributed by atoms with E-state index in [0.717, 1.165) is 0 Å². The van der Waals surface area contributed by atoms with Crippen LogP contribution >= 0.6 is 11.3 Å². The lowest BCUT2D eigenvalue weighted by molar-refractivity contribution is 0.0906. The second kappa shape index (κ2) is 6.30. The molecule has 0 aromatic carbocycles. The molecule has 0 spiro atoms. The van der Waals surface area contributed by atoms with Crippen LogP contribution in [0, 0.1) is 5.41 Å². The maximum absolute atomic E-state index is 11.9. The molecule has 0 fully saturated rings. The lowest BCUT2D eigenvalue weighted by Gasteiger charge is -2.26. The third-order valence-corrected chi connectivity index (χ3v) is 3.73. The zero-order valence-electron chi connectivity index (χ0n) is 11.8. The number of carbonyl (C=O) groups is 2. The van der Waals surface area contributed by atoms with Crippen molar-refractivity contribution >= 4 is 23.0 Å². The Kier molecular flexibility index (Phi) is 5.26. The van der Waals surface area contributed by atoms with Crippen LogP contribution in [0.4, 0.5) is 0 Å². The molecule has 2 N–H and O–H groups in total. The number of rotatable bonds is 6. The molecule has 0 radical (unpaired) electrons. The third-order valence-electron chi connectivity index (χ3n) is 2.81. The molecule has 1 heterocycles. The first-order valence-electron chi connectivity index (χ1n) is 6.27. The van der Waals surface area contributed by atoms with E-state index in [4.69, 9.17) is 0 Å². The van der Waals surface area contributed by atoms with Crippen LogP contribution in [0.15, 0.2) is 11.4 Å². The number of aliphatic hydroxyl groups excluding tert-OH is 1. The van der Waals surface area contributed by atoms with E-state index in [-0.39, 0.29) is 17.1 Å². The molecule has 0 saturated heterocycles. The monoisotopic (exact) mass is 283 g/mol. The Morgan fingerprint density at radius 3 is 2.58 bits per heavy atom. The van der Waals surface area contributed by atoms with Crippen LogP contribution in [0.2, 0.25) is 0 Å². The van der Waals surface area contributed by atoms with Crippen LogP contribution in [0.25, 0.3) is 0 Å². The van der Waals surface area contributed by atoms with Gasteiger partial charge in [0.1, 0.15) is 0 Å². The minimum Gasteiger partial charge on any atom is -0.393 e. The van der Waals surface area contributed by atoms with Gasteiger partial charge in [-0.25, -0.2) is 0 Å². The van der Waals surface area contributed by atoms with E-state index in [9.17, 15) is 14.7 Å². The van der Waals surface area contributed by atoms with Crippen molar-refractivity contribution in [2.24, 2.45) is 5.41 Å². The van der Waals surface area contributed by atoms with E-state index in [1.807, 2.05) is 13.8 Å². The molecular weight excluding hydrogens is 262 g/mol. The van der Waals surface area contributed by atoms with Crippen molar-refractivity contribution in [2.45, 2.75) is 40.2 Å². The van der Waals surface area contributed by atoms with Crippen LogP contribution in [-0.2, 0) is 0 Å². The van der Waals surface area contributed by atoms with Gasteiger partial charge in [0.15, 0.2) is 5.78 Å². The standard InChI is InChI=1S/C14H21NO3S/c1-9(16)6-14(3,4)8-15-13(18)12-5-11(7-19-12)10(2)17/h5,7,9,16H,6,8H2,1-4H3,(H,15,18). The molecule has 0 aliphatic rings. The predicted molar refractivity (Wildman–Crippen MR) is 76.7 cm³/mol. The van der Waals surface area contributed by atoms with Crippen molar-refractivity contribution in [3.8, 4) is 0 Å². The molecular formula is C14H21NO3S. The van der Waals surface area contributed by atoms with Crippen molar-refractivity contribution in [1.82, 2.24) is 5.32 Å². The Morgan fingerprint density at radius 2 is 2.11 bits per heavy atom. The molecule has 0 aliphatic carbocycles. The van der Waals surface area contributed by atoms with Gasteiger partial charge < -0.3 is 10.4 Å². The zero-order chi connectivity index (χ0) is 14.6. The Labute approximate surface area is 117 Å². The molecule has 0 aliphatic heterocycles. The fourth-order valence-corrected chi connectivity index (χ4v) is 2.78. The molecule has 0 saturated carbocycles. The summed E-state index contributed by atoms with van der Waals surface area (Å²) in [5.74, 6) is -0.207. The van der Waals surface area contributed by atoms with Crippen LogP contribution < -0.4 is 5.32 Å². The first-order chi connectivity index (χ1) is 8.71. The maximum Gasteiger partial charge on any atom is 0.261 e. The summed E-state index contributed by atoms with van der Waals surface area (Å²) in [7, 11) is 0.